The summed E-state index contributed by atoms with van der Waals surface area (Å²) in [5.41, 5.74) is 4.02. The van der Waals surface area contributed by atoms with E-state index < -0.39 is 0 Å². The molecule has 0 saturated heterocycles. The van der Waals surface area contributed by atoms with E-state index in [1.807, 2.05) is 77.3 Å². The van der Waals surface area contributed by atoms with E-state index in [-0.39, 0.29) is 11.0 Å². The molecular formula is C25H28N4O2. The van der Waals surface area contributed by atoms with Gasteiger partial charge in [-0.05, 0) is 42.5 Å². The van der Waals surface area contributed by atoms with Gasteiger partial charge in [-0.2, -0.15) is 5.10 Å². The SMILES string of the molecule is COc1ccc(N(C)Cc2cc3c(C(C)(C)C)nn(-c4ccccc4)c3[nH]c2=O)cc1. The maximum atomic E-state index is 13.0. The van der Waals surface area contributed by atoms with Crippen molar-refractivity contribution in [2.24, 2.45) is 0 Å². The molecule has 6 nitrogen and oxygen atoms in total. The van der Waals surface area contributed by atoms with Gasteiger partial charge < -0.3 is 14.6 Å². The number of hydrogen-bond donors (Lipinski definition) is 1. The van der Waals surface area contributed by atoms with E-state index in [4.69, 9.17) is 9.84 Å². The minimum atomic E-state index is -0.171. The van der Waals surface area contributed by atoms with Crippen molar-refractivity contribution in [3.8, 4) is 11.4 Å². The van der Waals surface area contributed by atoms with Gasteiger partial charge in [-0.1, -0.05) is 39.0 Å². The second-order valence-corrected chi connectivity index (χ2v) is 8.79. The highest BCUT2D eigenvalue weighted by Crippen LogP contribution is 2.30. The number of hydrogen-bond acceptors (Lipinski definition) is 4. The van der Waals surface area contributed by atoms with E-state index in [0.29, 0.717) is 12.1 Å². The number of para-hydroxylation sites is 1. The molecule has 0 saturated carbocycles. The lowest BCUT2D eigenvalue weighted by molar-refractivity contribution is 0.415. The van der Waals surface area contributed by atoms with Crippen LogP contribution in [0.25, 0.3) is 16.7 Å². The van der Waals surface area contributed by atoms with Crippen LogP contribution in [0.1, 0.15) is 32.0 Å². The van der Waals surface area contributed by atoms with Gasteiger partial charge in [0.1, 0.15) is 11.4 Å². The number of ether oxygens (including phenoxy) is 1. The second-order valence-electron chi connectivity index (χ2n) is 8.79. The number of aromatic nitrogens is 3. The minimum Gasteiger partial charge on any atom is -0.497 e. The molecule has 160 valence electrons. The summed E-state index contributed by atoms with van der Waals surface area (Å²) in [5, 5.41) is 5.86. The highest BCUT2D eigenvalue weighted by atomic mass is 16.5. The van der Waals surface area contributed by atoms with Gasteiger partial charge in [-0.3, -0.25) is 4.79 Å². The van der Waals surface area contributed by atoms with E-state index in [1.54, 1.807) is 7.11 Å². The number of pyridine rings is 1. The highest BCUT2D eigenvalue weighted by Gasteiger charge is 2.24. The summed E-state index contributed by atoms with van der Waals surface area (Å²) in [6, 6.07) is 19.7. The Bertz CT molecular complexity index is 1250. The third-order valence-electron chi connectivity index (χ3n) is 5.40. The first kappa shape index (κ1) is 20.7. The van der Waals surface area contributed by atoms with Crippen LogP contribution in [0.2, 0.25) is 0 Å². The maximum absolute atomic E-state index is 13.0. The number of anilines is 1. The smallest absolute Gasteiger partial charge is 0.254 e. The van der Waals surface area contributed by atoms with E-state index in [0.717, 1.165) is 33.9 Å². The number of methoxy groups -OCH3 is 1. The summed E-state index contributed by atoms with van der Waals surface area (Å²) < 4.78 is 7.06. The lowest BCUT2D eigenvalue weighted by Gasteiger charge is -2.20. The molecular weight excluding hydrogens is 388 g/mol. The van der Waals surface area contributed by atoms with Gasteiger partial charge in [0.25, 0.3) is 5.56 Å². The van der Waals surface area contributed by atoms with Crippen LogP contribution in [0.4, 0.5) is 5.69 Å². The average Bonchev–Trinajstić information content (AvgIpc) is 3.13. The molecule has 2 aromatic carbocycles. The largest absolute Gasteiger partial charge is 0.497 e. The van der Waals surface area contributed by atoms with Crippen LogP contribution in [0, 0.1) is 0 Å². The van der Waals surface area contributed by atoms with Crippen molar-refractivity contribution in [3.05, 3.63) is 82.3 Å². The highest BCUT2D eigenvalue weighted by molar-refractivity contribution is 5.81. The lowest BCUT2D eigenvalue weighted by Crippen LogP contribution is -2.23. The van der Waals surface area contributed by atoms with E-state index in [1.165, 1.54) is 0 Å². The number of nitrogens with zero attached hydrogens (tertiary/aromatic N) is 3. The standard InChI is InChI=1S/C25H28N4O2/c1-25(2,3)22-21-15-17(16-28(4)18-11-13-20(31-5)14-12-18)24(30)26-23(21)29(27-22)19-9-7-6-8-10-19/h6-15H,16H2,1-5H3,(H,26,30). The molecule has 0 aliphatic carbocycles. The molecule has 2 aromatic heterocycles. The van der Waals surface area contributed by atoms with E-state index in [2.05, 4.69) is 25.8 Å². The molecule has 6 heteroatoms. The minimum absolute atomic E-state index is 0.106. The molecule has 2 heterocycles. The maximum Gasteiger partial charge on any atom is 0.254 e. The summed E-state index contributed by atoms with van der Waals surface area (Å²) in [6.07, 6.45) is 0. The number of H-pyrrole nitrogens is 1. The van der Waals surface area contributed by atoms with Crippen molar-refractivity contribution in [2.45, 2.75) is 32.7 Å². The molecule has 0 spiro atoms. The molecule has 4 rings (SSSR count). The van der Waals surface area contributed by atoms with Gasteiger partial charge >= 0.3 is 0 Å². The van der Waals surface area contributed by atoms with Crippen LogP contribution in [-0.2, 0) is 12.0 Å². The Morgan fingerprint density at radius 3 is 2.35 bits per heavy atom. The second kappa shape index (κ2) is 7.95. The third-order valence-corrected chi connectivity index (χ3v) is 5.40. The van der Waals surface area contributed by atoms with Crippen LogP contribution >= 0.6 is 0 Å². The quantitative estimate of drug-likeness (QED) is 0.514. The summed E-state index contributed by atoms with van der Waals surface area (Å²) in [4.78, 5) is 18.1. The van der Waals surface area contributed by atoms with Gasteiger partial charge in [0.15, 0.2) is 0 Å². The number of nitrogens with one attached hydrogen (secondary N) is 1. The van der Waals surface area contributed by atoms with Crippen molar-refractivity contribution < 1.29 is 4.74 Å². The summed E-state index contributed by atoms with van der Waals surface area (Å²) in [7, 11) is 3.62. The Hall–Kier alpha value is -3.54. The van der Waals surface area contributed by atoms with Crippen molar-refractivity contribution in [1.29, 1.82) is 0 Å². The molecule has 0 fully saturated rings. The number of benzene rings is 2. The molecule has 4 aromatic rings. The Balaban J connectivity index is 1.79. The normalized spacial score (nSPS) is 11.6. The van der Waals surface area contributed by atoms with Gasteiger partial charge in [-0.15, -0.1) is 0 Å². The Morgan fingerprint density at radius 2 is 1.74 bits per heavy atom. The zero-order valence-electron chi connectivity index (χ0n) is 18.6. The zero-order chi connectivity index (χ0) is 22.2. The van der Waals surface area contributed by atoms with Gasteiger partial charge in [0.2, 0.25) is 0 Å². The summed E-state index contributed by atoms with van der Waals surface area (Å²) in [5.74, 6) is 0.805. The number of rotatable bonds is 5. The monoisotopic (exact) mass is 416 g/mol. The first-order chi connectivity index (χ1) is 14.8. The molecule has 1 N–H and O–H groups in total. The van der Waals surface area contributed by atoms with Gasteiger partial charge in [-0.25, -0.2) is 4.68 Å². The van der Waals surface area contributed by atoms with Crippen LogP contribution in [0.3, 0.4) is 0 Å². The molecule has 0 aliphatic heterocycles. The van der Waals surface area contributed by atoms with E-state index >= 15 is 0 Å². The zero-order valence-corrected chi connectivity index (χ0v) is 18.6. The van der Waals surface area contributed by atoms with Crippen molar-refractivity contribution >= 4 is 16.7 Å². The fourth-order valence-corrected chi connectivity index (χ4v) is 3.73. The van der Waals surface area contributed by atoms with Gasteiger partial charge in [0.05, 0.1) is 18.5 Å². The molecule has 0 radical (unpaired) electrons. The van der Waals surface area contributed by atoms with Crippen LogP contribution < -0.4 is 15.2 Å². The molecule has 0 aliphatic rings. The topological polar surface area (TPSA) is 63.1 Å². The van der Waals surface area contributed by atoms with Crippen molar-refractivity contribution in [1.82, 2.24) is 14.8 Å². The Labute approximate surface area is 182 Å². The van der Waals surface area contributed by atoms with Gasteiger partial charge in [0, 0.05) is 35.6 Å². The molecule has 31 heavy (non-hydrogen) atoms. The molecule has 0 atom stereocenters. The molecule has 0 unspecified atom stereocenters. The first-order valence-electron chi connectivity index (χ1n) is 10.3. The number of aromatic amines is 1. The summed E-state index contributed by atoms with van der Waals surface area (Å²) in [6.45, 7) is 6.90. The number of fused-ring (bicyclic) bond motifs is 1. The molecule has 0 amide bonds. The average molecular weight is 417 g/mol. The van der Waals surface area contributed by atoms with Crippen molar-refractivity contribution in [3.63, 3.8) is 0 Å². The molecule has 0 bridgehead atoms. The first-order valence-corrected chi connectivity index (χ1v) is 10.3. The predicted molar refractivity (Wildman–Crippen MR) is 125 cm³/mol. The third kappa shape index (κ3) is 4.06. The predicted octanol–water partition coefficient (Wildman–Crippen LogP) is 4.66. The lowest BCUT2D eigenvalue weighted by atomic mass is 9.90. The van der Waals surface area contributed by atoms with E-state index in [9.17, 15) is 4.79 Å². The van der Waals surface area contributed by atoms with Crippen LogP contribution in [-0.4, -0.2) is 28.9 Å². The fourth-order valence-electron chi connectivity index (χ4n) is 3.73. The van der Waals surface area contributed by atoms with Crippen LogP contribution in [0.15, 0.2) is 65.5 Å². The Kier molecular flexibility index (Phi) is 5.31. The van der Waals surface area contributed by atoms with Crippen molar-refractivity contribution in [2.75, 3.05) is 19.1 Å². The fraction of sp³-hybridized carbons (Fsp3) is 0.280. The Morgan fingerprint density at radius 1 is 1.06 bits per heavy atom. The summed E-state index contributed by atoms with van der Waals surface area (Å²) >= 11 is 0. The van der Waals surface area contributed by atoms with Crippen LogP contribution in [0.5, 0.6) is 5.75 Å².